The monoisotopic (exact) mass is 400 g/mol. The van der Waals surface area contributed by atoms with Gasteiger partial charge in [-0.2, -0.15) is 0 Å². The maximum absolute atomic E-state index is 7.50. The number of rotatable bonds is 2. The molecule has 0 atom stereocenters. The minimum Gasteiger partial charge on any atom is -0.0312 e. The fourth-order valence-corrected chi connectivity index (χ4v) is 2.16. The van der Waals surface area contributed by atoms with Crippen molar-refractivity contribution in [2.75, 3.05) is 7.11 Å². The normalized spacial score (nSPS) is 13.2. The third-order valence-corrected chi connectivity index (χ3v) is 13.5. The Bertz CT molecular complexity index is 216. The molecule has 19 heavy (non-hydrogen) atoms. The van der Waals surface area contributed by atoms with Crippen LogP contribution in [0.4, 0.5) is 0 Å². The molecule has 1 saturated carbocycles. The molecule has 1 aliphatic carbocycles. The standard InChI is InChI=1S/C5H15OSi2.C5H5.C2H6Si.CO.Ru/c1-6-8(4,5)7(2)3;1-2-4-5-3-1;1-3-2;1-2;/h1-5H3;1-5H;1-2H3;;/q;;;;+1. The summed E-state index contributed by atoms with van der Waals surface area (Å²) < 4.78 is 12.9. The summed E-state index contributed by atoms with van der Waals surface area (Å²) in [6.45, 7) is 18.2. The van der Waals surface area contributed by atoms with Gasteiger partial charge >= 0.3 is 48.1 Å². The SMILES string of the molecule is CO[Si](C)(C)[Si](C)C.C[Si](C)=[Ru+].[C-]#[O+].[CH]1[CH][CH][CH][CH]1. The summed E-state index contributed by atoms with van der Waals surface area (Å²) in [5.41, 5.74) is 0. The average Bonchev–Trinajstić information content (AvgIpc) is 2.89. The summed E-state index contributed by atoms with van der Waals surface area (Å²) in [6, 6.07) is 0. The van der Waals surface area contributed by atoms with Crippen LogP contribution in [0.25, 0.3) is 0 Å². The van der Waals surface area contributed by atoms with Gasteiger partial charge in [0.25, 0.3) is 0 Å². The minimum atomic E-state index is -1.15. The van der Waals surface area contributed by atoms with Gasteiger partial charge in [-0.05, 0) is 45.2 Å². The van der Waals surface area contributed by atoms with Crippen molar-refractivity contribution < 1.29 is 26.2 Å². The van der Waals surface area contributed by atoms with Gasteiger partial charge in [0.15, 0.2) is 7.83 Å². The molecule has 0 saturated heterocycles. The van der Waals surface area contributed by atoms with Crippen molar-refractivity contribution in [2.24, 2.45) is 0 Å². The van der Waals surface area contributed by atoms with E-state index in [1.54, 1.807) is 0 Å². The van der Waals surface area contributed by atoms with Crippen LogP contribution >= 0.6 is 0 Å². The second kappa shape index (κ2) is 17.0. The van der Waals surface area contributed by atoms with Crippen molar-refractivity contribution in [3.8, 4) is 0 Å². The van der Waals surface area contributed by atoms with Crippen molar-refractivity contribution in [1.29, 1.82) is 0 Å². The third-order valence-electron chi connectivity index (χ3n) is 2.27. The van der Waals surface area contributed by atoms with Crippen LogP contribution in [0.15, 0.2) is 0 Å². The Kier molecular flexibility index (Phi) is 22.4. The first kappa shape index (κ1) is 25.0. The van der Waals surface area contributed by atoms with E-state index in [4.69, 9.17) is 9.08 Å². The largest absolute Gasteiger partial charge is 0.0312 e. The Morgan fingerprint density at radius 3 is 1.21 bits per heavy atom. The maximum Gasteiger partial charge on any atom is -0.0312 e. The molecule has 0 aromatic carbocycles. The van der Waals surface area contributed by atoms with Gasteiger partial charge in [-0.25, -0.2) is 0 Å². The fraction of sp³-hybridized carbons (Fsp3) is 0.538. The van der Waals surface area contributed by atoms with Gasteiger partial charge in [-0.1, -0.05) is 13.1 Å². The summed E-state index contributed by atoms with van der Waals surface area (Å²) in [6.07, 6.45) is 10.0. The Morgan fingerprint density at radius 1 is 0.947 bits per heavy atom. The molecule has 2 nitrogen and oxygen atoms in total. The molecule has 0 spiro atoms. The van der Waals surface area contributed by atoms with Crippen molar-refractivity contribution in [2.45, 2.75) is 39.3 Å². The summed E-state index contributed by atoms with van der Waals surface area (Å²) >= 11 is 2.68. The quantitative estimate of drug-likeness (QED) is 0.397. The van der Waals surface area contributed by atoms with E-state index in [0.29, 0.717) is 0 Å². The van der Waals surface area contributed by atoms with Crippen LogP contribution in [0, 0.1) is 38.8 Å². The molecular weight excluding hydrogens is 373 g/mol. The third kappa shape index (κ3) is 24.4. The summed E-state index contributed by atoms with van der Waals surface area (Å²) in [5, 5.41) is 0. The second-order valence-corrected chi connectivity index (χ2v) is 23.5. The molecule has 0 amide bonds. The Morgan fingerprint density at radius 2 is 1.16 bits per heavy atom. The van der Waals surface area contributed by atoms with Gasteiger partial charge in [-0.15, -0.1) is 0 Å². The van der Waals surface area contributed by atoms with Gasteiger partial charge in [-0.3, -0.25) is 0 Å². The summed E-state index contributed by atoms with van der Waals surface area (Å²) in [7, 11) is 0.539. The molecule has 0 heterocycles. The van der Waals surface area contributed by atoms with E-state index in [1.807, 2.05) is 39.2 Å². The molecule has 1 rings (SSSR count). The fourth-order valence-electron chi connectivity index (χ4n) is 0.525. The molecule has 109 valence electrons. The first-order valence-corrected chi connectivity index (χ1v) is 17.3. The number of hydrogen-bond acceptors (Lipinski definition) is 1. The Hall–Kier alpha value is 0.974. The van der Waals surface area contributed by atoms with Crippen LogP contribution in [0.1, 0.15) is 0 Å². The van der Waals surface area contributed by atoms with Crippen molar-refractivity contribution >= 4 is 22.7 Å². The topological polar surface area (TPSA) is 29.1 Å². The van der Waals surface area contributed by atoms with E-state index in [1.165, 1.54) is 0 Å². The van der Waals surface area contributed by atoms with Gasteiger partial charge in [0.05, 0.1) is 8.31 Å². The zero-order valence-corrected chi connectivity index (χ0v) is 17.8. The first-order chi connectivity index (χ1) is 8.74. The molecule has 0 unspecified atom stereocenters. The van der Waals surface area contributed by atoms with Crippen LogP contribution < -0.4 is 0 Å². The van der Waals surface area contributed by atoms with Gasteiger partial charge in [0, 0.05) is 7.11 Å². The van der Waals surface area contributed by atoms with Crippen molar-refractivity contribution in [3.05, 3.63) is 38.8 Å². The van der Waals surface area contributed by atoms with Crippen LogP contribution in [0.5, 0.6) is 0 Å². The zero-order valence-electron chi connectivity index (χ0n) is 13.1. The molecule has 0 bridgehead atoms. The minimum absolute atomic E-state index is 0.0504. The zero-order chi connectivity index (χ0) is 15.9. The summed E-state index contributed by atoms with van der Waals surface area (Å²) in [4.78, 5) is 0. The maximum atomic E-state index is 7.50. The Balaban J connectivity index is -0.000000200. The van der Waals surface area contributed by atoms with Crippen LogP contribution in [-0.4, -0.2) is 29.8 Å². The predicted molar refractivity (Wildman–Crippen MR) is 84.9 cm³/mol. The van der Waals surface area contributed by atoms with Crippen molar-refractivity contribution in [1.82, 2.24) is 0 Å². The molecular formula is C13H26O2RuSi3+. The molecule has 6 radical (unpaired) electrons. The smallest absolute Gasteiger partial charge is 0.0312 e. The predicted octanol–water partition coefficient (Wildman–Crippen LogP) is 3.44. The van der Waals surface area contributed by atoms with Crippen LogP contribution in [0.2, 0.25) is 39.3 Å². The first-order valence-electron chi connectivity index (χ1n) is 5.91. The van der Waals surface area contributed by atoms with E-state index < -0.39 is 7.83 Å². The molecule has 0 aliphatic heterocycles. The summed E-state index contributed by atoms with van der Waals surface area (Å²) in [5.74, 6) is 0. The van der Waals surface area contributed by atoms with Gasteiger partial charge < -0.3 is 4.43 Å². The van der Waals surface area contributed by atoms with Gasteiger partial charge in [0.2, 0.25) is 0 Å². The molecule has 6 heteroatoms. The average molecular weight is 400 g/mol. The second-order valence-electron chi connectivity index (χ2n) is 4.53. The Labute approximate surface area is 134 Å². The van der Waals surface area contributed by atoms with E-state index in [0.717, 1.165) is 0 Å². The molecule has 1 aliphatic rings. The van der Waals surface area contributed by atoms with Crippen LogP contribution in [-0.2, 0) is 26.2 Å². The van der Waals surface area contributed by atoms with E-state index in [2.05, 4.69) is 63.0 Å². The molecule has 0 N–H and O–H groups in total. The van der Waals surface area contributed by atoms with Crippen molar-refractivity contribution in [3.63, 3.8) is 0 Å². The van der Waals surface area contributed by atoms with Gasteiger partial charge in [0.1, 0.15) is 0 Å². The van der Waals surface area contributed by atoms with Crippen LogP contribution in [0.3, 0.4) is 0 Å². The number of hydrogen-bond donors (Lipinski definition) is 0. The van der Waals surface area contributed by atoms with E-state index in [9.17, 15) is 0 Å². The molecule has 0 aromatic rings. The van der Waals surface area contributed by atoms with E-state index >= 15 is 0 Å². The molecule has 1 fully saturated rings. The van der Waals surface area contributed by atoms with E-state index in [-0.39, 0.29) is 14.9 Å². The molecule has 0 aromatic heterocycles.